The first-order valence-electron chi connectivity index (χ1n) is 7.04. The number of hydrogen-bond donors (Lipinski definition) is 2. The van der Waals surface area contributed by atoms with Crippen LogP contribution in [0.25, 0.3) is 0 Å². The zero-order valence-corrected chi connectivity index (χ0v) is 14.9. The molecule has 0 aromatic carbocycles. The maximum Gasteiger partial charge on any atom is 0.242 e. The lowest BCUT2D eigenvalue weighted by atomic mass is 10.3. The summed E-state index contributed by atoms with van der Waals surface area (Å²) >= 11 is 3.73. The van der Waals surface area contributed by atoms with Crippen LogP contribution in [-0.4, -0.2) is 42.0 Å². The van der Waals surface area contributed by atoms with E-state index in [-0.39, 0.29) is 6.04 Å². The zero-order valence-electron chi connectivity index (χ0n) is 12.4. The second-order valence-electron chi connectivity index (χ2n) is 5.29. The van der Waals surface area contributed by atoms with Crippen LogP contribution in [-0.2, 0) is 16.6 Å². The third-order valence-corrected chi connectivity index (χ3v) is 7.60. The molecule has 0 bridgehead atoms. The van der Waals surface area contributed by atoms with Gasteiger partial charge in [0.2, 0.25) is 10.0 Å². The molecule has 1 aliphatic heterocycles. The average molecular weight is 350 g/mol. The lowest BCUT2D eigenvalue weighted by Crippen LogP contribution is -2.33. The van der Waals surface area contributed by atoms with Gasteiger partial charge >= 0.3 is 0 Å². The molecule has 1 aromatic rings. The van der Waals surface area contributed by atoms with E-state index in [4.69, 9.17) is 5.73 Å². The van der Waals surface area contributed by atoms with Crippen LogP contribution in [0.5, 0.6) is 0 Å². The summed E-state index contributed by atoms with van der Waals surface area (Å²) in [7, 11) is -3.45. The Labute approximate surface area is 135 Å². The Morgan fingerprint density at radius 1 is 1.48 bits per heavy atom. The number of hydrogen-bond acceptors (Lipinski definition) is 5. The van der Waals surface area contributed by atoms with E-state index >= 15 is 0 Å². The van der Waals surface area contributed by atoms with Gasteiger partial charge in [-0.1, -0.05) is 0 Å². The van der Waals surface area contributed by atoms with E-state index in [9.17, 15) is 8.42 Å². The minimum absolute atomic E-state index is 0.192. The van der Waals surface area contributed by atoms with Crippen molar-refractivity contribution in [2.24, 2.45) is 5.73 Å². The first-order valence-corrected chi connectivity index (χ1v) is 10.7. The molecule has 1 atom stereocenters. The molecule has 1 fully saturated rings. The van der Waals surface area contributed by atoms with Crippen molar-refractivity contribution in [1.82, 2.24) is 9.29 Å². The predicted molar refractivity (Wildman–Crippen MR) is 91.5 cm³/mol. The van der Waals surface area contributed by atoms with Gasteiger partial charge < -0.3 is 10.3 Å². The number of nitrogens with zero attached hydrogens (tertiary/aromatic N) is 1. The molecule has 0 radical (unpaired) electrons. The fourth-order valence-electron chi connectivity index (χ4n) is 2.23. The van der Waals surface area contributed by atoms with Crippen molar-refractivity contribution >= 4 is 33.5 Å². The third-order valence-electron chi connectivity index (χ3n) is 3.37. The van der Waals surface area contributed by atoms with E-state index in [1.807, 2.05) is 41.9 Å². The summed E-state index contributed by atoms with van der Waals surface area (Å²) in [5, 5.41) is 0.361. The molecule has 0 saturated carbocycles. The maximum atomic E-state index is 12.4. The topological polar surface area (TPSA) is 77.1 Å². The maximum absolute atomic E-state index is 12.4. The smallest absolute Gasteiger partial charge is 0.242 e. The van der Waals surface area contributed by atoms with Crippen molar-refractivity contribution < 1.29 is 8.42 Å². The van der Waals surface area contributed by atoms with Crippen molar-refractivity contribution in [1.29, 1.82) is 0 Å². The van der Waals surface area contributed by atoms with Crippen LogP contribution in [0.4, 0.5) is 0 Å². The van der Waals surface area contributed by atoms with Gasteiger partial charge in [-0.15, -0.1) is 0 Å². The van der Waals surface area contributed by atoms with Gasteiger partial charge in [0.05, 0.1) is 4.90 Å². The van der Waals surface area contributed by atoms with E-state index < -0.39 is 10.0 Å². The van der Waals surface area contributed by atoms with Crippen LogP contribution >= 0.6 is 23.5 Å². The highest BCUT2D eigenvalue weighted by molar-refractivity contribution is 8.06. The average Bonchev–Trinajstić information content (AvgIpc) is 2.92. The molecule has 1 aliphatic rings. The van der Waals surface area contributed by atoms with Gasteiger partial charge in [0.1, 0.15) is 0 Å². The van der Waals surface area contributed by atoms with Crippen LogP contribution in [0.1, 0.15) is 25.6 Å². The molecule has 1 unspecified atom stereocenters. The van der Waals surface area contributed by atoms with Gasteiger partial charge in [-0.3, -0.25) is 0 Å². The quantitative estimate of drug-likeness (QED) is 0.817. The van der Waals surface area contributed by atoms with Gasteiger partial charge in [0.25, 0.3) is 0 Å². The van der Waals surface area contributed by atoms with Crippen LogP contribution in [0, 0.1) is 0 Å². The summed E-state index contributed by atoms with van der Waals surface area (Å²) in [5.74, 6) is 3.26. The molecule has 21 heavy (non-hydrogen) atoms. The minimum Gasteiger partial charge on any atom is -0.346 e. The highest BCUT2D eigenvalue weighted by Crippen LogP contribution is 2.24. The molecule has 3 N–H and O–H groups in total. The number of nitrogens with one attached hydrogen (secondary N) is 1. The molecule has 1 aromatic heterocycles. The van der Waals surface area contributed by atoms with E-state index in [1.165, 1.54) is 0 Å². The summed E-state index contributed by atoms with van der Waals surface area (Å²) < 4.78 is 29.4. The summed E-state index contributed by atoms with van der Waals surface area (Å²) in [6.45, 7) is 4.85. The van der Waals surface area contributed by atoms with Gasteiger partial charge in [0, 0.05) is 53.5 Å². The highest BCUT2D eigenvalue weighted by atomic mass is 32.2. The first-order chi connectivity index (χ1) is 9.94. The molecular formula is C13H23N3O2S3. The first kappa shape index (κ1) is 17.2. The van der Waals surface area contributed by atoms with E-state index in [0.29, 0.717) is 23.2 Å². The van der Waals surface area contributed by atoms with E-state index in [0.717, 1.165) is 23.0 Å². The van der Waals surface area contributed by atoms with Gasteiger partial charge in [-0.2, -0.15) is 23.5 Å². The second kappa shape index (κ2) is 7.41. The third kappa shape index (κ3) is 4.41. The molecule has 0 amide bonds. The van der Waals surface area contributed by atoms with Crippen molar-refractivity contribution in [3.8, 4) is 0 Å². The molecule has 1 saturated heterocycles. The van der Waals surface area contributed by atoms with Crippen LogP contribution < -0.4 is 10.5 Å². The molecule has 8 heteroatoms. The summed E-state index contributed by atoms with van der Waals surface area (Å²) in [4.78, 5) is 0.310. The molecule has 2 rings (SSSR count). The molecular weight excluding hydrogens is 326 g/mol. The predicted octanol–water partition coefficient (Wildman–Crippen LogP) is 1.65. The SMILES string of the molecule is CC(C)n1cc(S(=O)(=O)NCC2CSCCS2)cc1CN. The summed E-state index contributed by atoms with van der Waals surface area (Å²) in [6, 6.07) is 1.86. The fourth-order valence-corrected chi connectivity index (χ4v) is 6.08. The van der Waals surface area contributed by atoms with E-state index in [2.05, 4.69) is 4.72 Å². The number of rotatable bonds is 6. The summed E-state index contributed by atoms with van der Waals surface area (Å²) in [6.07, 6.45) is 1.68. The van der Waals surface area contributed by atoms with Crippen LogP contribution in [0.15, 0.2) is 17.2 Å². The van der Waals surface area contributed by atoms with E-state index in [1.54, 1.807) is 12.3 Å². The monoisotopic (exact) mass is 349 g/mol. The van der Waals surface area contributed by atoms with Crippen molar-refractivity contribution in [2.45, 2.75) is 36.6 Å². The zero-order chi connectivity index (χ0) is 15.5. The minimum atomic E-state index is -3.45. The molecule has 2 heterocycles. The normalized spacial score (nSPS) is 20.1. The lowest BCUT2D eigenvalue weighted by molar-refractivity contribution is 0.569. The van der Waals surface area contributed by atoms with Gasteiger partial charge in [0.15, 0.2) is 0 Å². The van der Waals surface area contributed by atoms with Crippen molar-refractivity contribution in [3.63, 3.8) is 0 Å². The lowest BCUT2D eigenvalue weighted by Gasteiger charge is -2.20. The standard InChI is InChI=1S/C13H23N3O2S3/c1-10(2)16-8-13(5-11(16)6-14)21(17,18)15-7-12-9-19-3-4-20-12/h5,8,10,12,15H,3-4,6-7,9,14H2,1-2H3. The van der Waals surface area contributed by atoms with Crippen LogP contribution in [0.3, 0.4) is 0 Å². The second-order valence-corrected chi connectivity index (χ2v) is 9.62. The Hall–Kier alpha value is -0.150. The number of sulfonamides is 1. The Bertz CT molecular complexity index is 563. The van der Waals surface area contributed by atoms with Crippen molar-refractivity contribution in [2.75, 3.05) is 23.8 Å². The molecule has 0 aliphatic carbocycles. The van der Waals surface area contributed by atoms with Crippen LogP contribution in [0.2, 0.25) is 0 Å². The number of aromatic nitrogens is 1. The Balaban J connectivity index is 2.08. The largest absolute Gasteiger partial charge is 0.346 e. The van der Waals surface area contributed by atoms with Gasteiger partial charge in [-0.25, -0.2) is 13.1 Å². The molecule has 5 nitrogen and oxygen atoms in total. The number of thioether (sulfide) groups is 2. The molecule has 120 valence electrons. The Kier molecular flexibility index (Phi) is 6.07. The Morgan fingerprint density at radius 2 is 2.24 bits per heavy atom. The Morgan fingerprint density at radius 3 is 2.76 bits per heavy atom. The summed E-state index contributed by atoms with van der Waals surface area (Å²) in [5.41, 5.74) is 6.53. The van der Waals surface area contributed by atoms with Crippen molar-refractivity contribution in [3.05, 3.63) is 18.0 Å². The fraction of sp³-hybridized carbons (Fsp3) is 0.692. The number of nitrogens with two attached hydrogens (primary N) is 1. The van der Waals surface area contributed by atoms with Gasteiger partial charge in [-0.05, 0) is 19.9 Å². The highest BCUT2D eigenvalue weighted by Gasteiger charge is 2.22. The molecule has 0 spiro atoms.